The maximum absolute atomic E-state index is 12.2. The summed E-state index contributed by atoms with van der Waals surface area (Å²) in [6.45, 7) is 4.06. The van der Waals surface area contributed by atoms with Gasteiger partial charge in [0.05, 0.1) is 16.8 Å². The summed E-state index contributed by atoms with van der Waals surface area (Å²) in [5.41, 5.74) is 5.08. The fraction of sp³-hybridized carbons (Fsp3) is 0.238. The Labute approximate surface area is 172 Å². The third kappa shape index (κ3) is 4.83. The third-order valence-corrected chi connectivity index (χ3v) is 5.40. The normalized spacial score (nSPS) is 11.1. The highest BCUT2D eigenvalue weighted by Gasteiger charge is 2.11. The molecule has 0 saturated carbocycles. The Kier molecular flexibility index (Phi) is 5.62. The summed E-state index contributed by atoms with van der Waals surface area (Å²) < 4.78 is 5.63. The van der Waals surface area contributed by atoms with Gasteiger partial charge in [0.25, 0.3) is 5.22 Å². The van der Waals surface area contributed by atoms with Crippen LogP contribution in [0.2, 0.25) is 0 Å². The van der Waals surface area contributed by atoms with E-state index in [1.807, 2.05) is 56.3 Å². The maximum atomic E-state index is 12.2. The van der Waals surface area contributed by atoms with Gasteiger partial charge < -0.3 is 14.7 Å². The molecule has 2 aromatic heterocycles. The van der Waals surface area contributed by atoms with Crippen molar-refractivity contribution in [2.24, 2.45) is 0 Å². The molecule has 4 rings (SSSR count). The molecule has 4 aromatic rings. The van der Waals surface area contributed by atoms with Crippen LogP contribution in [0.15, 0.2) is 52.1 Å². The summed E-state index contributed by atoms with van der Waals surface area (Å²) in [6.07, 6.45) is 1.26. The molecule has 8 heteroatoms. The molecule has 29 heavy (non-hydrogen) atoms. The van der Waals surface area contributed by atoms with E-state index in [9.17, 15) is 4.79 Å². The molecule has 2 N–H and O–H groups in total. The van der Waals surface area contributed by atoms with Crippen LogP contribution in [0.3, 0.4) is 0 Å². The van der Waals surface area contributed by atoms with Gasteiger partial charge in [0.15, 0.2) is 0 Å². The number of para-hydroxylation sites is 2. The van der Waals surface area contributed by atoms with Gasteiger partial charge in [-0.15, -0.1) is 10.2 Å². The number of aromatic nitrogens is 4. The number of imidazole rings is 1. The van der Waals surface area contributed by atoms with Crippen molar-refractivity contribution in [2.75, 3.05) is 11.1 Å². The van der Waals surface area contributed by atoms with Crippen molar-refractivity contribution in [3.05, 3.63) is 65.3 Å². The van der Waals surface area contributed by atoms with Crippen LogP contribution in [-0.4, -0.2) is 31.8 Å². The summed E-state index contributed by atoms with van der Waals surface area (Å²) in [7, 11) is 0. The molecular weight excluding hydrogens is 386 g/mol. The molecule has 0 aliphatic rings. The number of hydrogen-bond donors (Lipinski definition) is 2. The van der Waals surface area contributed by atoms with Crippen molar-refractivity contribution in [1.29, 1.82) is 0 Å². The number of rotatable bonds is 7. The van der Waals surface area contributed by atoms with Crippen LogP contribution in [-0.2, 0) is 17.6 Å². The van der Waals surface area contributed by atoms with Crippen LogP contribution in [0.5, 0.6) is 0 Å². The Morgan fingerprint density at radius 2 is 1.97 bits per heavy atom. The van der Waals surface area contributed by atoms with E-state index in [1.54, 1.807) is 0 Å². The molecule has 0 aliphatic carbocycles. The zero-order valence-corrected chi connectivity index (χ0v) is 17.0. The van der Waals surface area contributed by atoms with E-state index in [1.165, 1.54) is 17.3 Å². The van der Waals surface area contributed by atoms with Crippen LogP contribution in [0.1, 0.15) is 22.8 Å². The van der Waals surface area contributed by atoms with Gasteiger partial charge in [0.1, 0.15) is 5.82 Å². The van der Waals surface area contributed by atoms with Crippen LogP contribution >= 0.6 is 11.8 Å². The molecular formula is C21H21N5O2S. The Balaban J connectivity index is 1.27. The van der Waals surface area contributed by atoms with E-state index in [2.05, 4.69) is 25.5 Å². The lowest BCUT2D eigenvalue weighted by Gasteiger charge is -2.06. The molecule has 0 fully saturated rings. The molecule has 1 amide bonds. The molecule has 0 spiro atoms. The Hall–Kier alpha value is -3.13. The first kappa shape index (κ1) is 19.2. The van der Waals surface area contributed by atoms with Gasteiger partial charge in [-0.3, -0.25) is 4.79 Å². The van der Waals surface area contributed by atoms with Gasteiger partial charge in [0, 0.05) is 18.5 Å². The molecule has 0 saturated heterocycles. The van der Waals surface area contributed by atoms with Crippen molar-refractivity contribution in [3.8, 4) is 0 Å². The molecule has 2 aromatic carbocycles. The number of anilines is 1. The lowest BCUT2D eigenvalue weighted by molar-refractivity contribution is -0.113. The lowest BCUT2D eigenvalue weighted by atomic mass is 10.1. The zero-order valence-electron chi connectivity index (χ0n) is 16.2. The number of amides is 1. The van der Waals surface area contributed by atoms with Gasteiger partial charge in [-0.25, -0.2) is 4.98 Å². The maximum Gasteiger partial charge on any atom is 0.277 e. The summed E-state index contributed by atoms with van der Waals surface area (Å²) in [6, 6.07) is 13.8. The van der Waals surface area contributed by atoms with E-state index in [0.29, 0.717) is 24.0 Å². The predicted molar refractivity (Wildman–Crippen MR) is 113 cm³/mol. The topological polar surface area (TPSA) is 96.7 Å². The number of aromatic amines is 1. The first-order valence-corrected chi connectivity index (χ1v) is 10.3. The molecule has 0 atom stereocenters. The smallest absolute Gasteiger partial charge is 0.277 e. The number of carbonyl (C=O) groups is 1. The number of nitrogens with zero attached hydrogens (tertiary/aromatic N) is 3. The fourth-order valence-corrected chi connectivity index (χ4v) is 3.47. The van der Waals surface area contributed by atoms with Crippen molar-refractivity contribution >= 4 is 34.4 Å². The van der Waals surface area contributed by atoms with Gasteiger partial charge in [0.2, 0.25) is 11.8 Å². The quantitative estimate of drug-likeness (QED) is 0.448. The summed E-state index contributed by atoms with van der Waals surface area (Å²) in [4.78, 5) is 20.0. The van der Waals surface area contributed by atoms with Gasteiger partial charge in [-0.05, 0) is 49.2 Å². The van der Waals surface area contributed by atoms with Crippen molar-refractivity contribution in [3.63, 3.8) is 0 Å². The van der Waals surface area contributed by atoms with Gasteiger partial charge in [-0.2, -0.15) is 0 Å². The first-order valence-electron chi connectivity index (χ1n) is 9.33. The summed E-state index contributed by atoms with van der Waals surface area (Å²) in [5.74, 6) is 1.51. The number of benzene rings is 2. The number of fused-ring (bicyclic) bond motifs is 1. The summed E-state index contributed by atoms with van der Waals surface area (Å²) >= 11 is 1.23. The Morgan fingerprint density at radius 1 is 1.10 bits per heavy atom. The monoisotopic (exact) mass is 407 g/mol. The second-order valence-electron chi connectivity index (χ2n) is 6.80. The summed E-state index contributed by atoms with van der Waals surface area (Å²) in [5, 5.41) is 11.3. The number of nitrogens with one attached hydrogen (secondary N) is 2. The number of carbonyl (C=O) groups excluding carboxylic acids is 1. The highest BCUT2D eigenvalue weighted by atomic mass is 32.2. The van der Waals surface area contributed by atoms with Crippen LogP contribution in [0.4, 0.5) is 5.69 Å². The zero-order chi connectivity index (χ0) is 20.2. The van der Waals surface area contributed by atoms with Crippen LogP contribution in [0.25, 0.3) is 11.0 Å². The number of H-pyrrole nitrogens is 1. The standard InChI is InChI=1S/C21H21N5O2S/c1-13-7-8-15(11-14(13)2)22-19(27)12-29-21-26-25-20(28-21)10-9-18-23-16-5-3-4-6-17(16)24-18/h3-8,11H,9-10,12H2,1-2H3,(H,22,27)(H,23,24). The minimum Gasteiger partial charge on any atom is -0.416 e. The first-order chi connectivity index (χ1) is 14.1. The van der Waals surface area contributed by atoms with Crippen molar-refractivity contribution in [2.45, 2.75) is 31.9 Å². The predicted octanol–water partition coefficient (Wildman–Crippen LogP) is 4.08. The molecule has 0 radical (unpaired) electrons. The molecule has 7 nitrogen and oxygen atoms in total. The third-order valence-electron chi connectivity index (χ3n) is 4.58. The fourth-order valence-electron chi connectivity index (χ4n) is 2.89. The Morgan fingerprint density at radius 3 is 2.79 bits per heavy atom. The van der Waals surface area contributed by atoms with Crippen molar-refractivity contribution < 1.29 is 9.21 Å². The molecule has 0 unspecified atom stereocenters. The van der Waals surface area contributed by atoms with Crippen molar-refractivity contribution in [1.82, 2.24) is 20.2 Å². The van der Waals surface area contributed by atoms with E-state index >= 15 is 0 Å². The highest BCUT2D eigenvalue weighted by Crippen LogP contribution is 2.19. The lowest BCUT2D eigenvalue weighted by Crippen LogP contribution is -2.14. The molecule has 0 aliphatic heterocycles. The average Bonchev–Trinajstić information content (AvgIpc) is 3.34. The number of aryl methyl sites for hydroxylation is 4. The second kappa shape index (κ2) is 8.48. The van der Waals surface area contributed by atoms with Crippen LogP contribution in [0, 0.1) is 13.8 Å². The number of thioether (sulfide) groups is 1. The van der Waals surface area contributed by atoms with Gasteiger partial charge >= 0.3 is 0 Å². The molecule has 148 valence electrons. The SMILES string of the molecule is Cc1ccc(NC(=O)CSc2nnc(CCc3nc4ccccc4[nH]3)o2)cc1C. The minimum atomic E-state index is -0.111. The van der Waals surface area contributed by atoms with Gasteiger partial charge in [-0.1, -0.05) is 30.0 Å². The Bertz CT molecular complexity index is 1120. The molecule has 0 bridgehead atoms. The highest BCUT2D eigenvalue weighted by molar-refractivity contribution is 7.99. The van der Waals surface area contributed by atoms with E-state index in [0.717, 1.165) is 28.1 Å². The van der Waals surface area contributed by atoms with E-state index in [4.69, 9.17) is 4.42 Å². The second-order valence-corrected chi connectivity index (χ2v) is 7.72. The average molecular weight is 407 g/mol. The largest absolute Gasteiger partial charge is 0.416 e. The van der Waals surface area contributed by atoms with Crippen LogP contribution < -0.4 is 5.32 Å². The minimum absolute atomic E-state index is 0.111. The van der Waals surface area contributed by atoms with E-state index in [-0.39, 0.29) is 11.7 Å². The number of hydrogen-bond acceptors (Lipinski definition) is 6. The molecule has 2 heterocycles. The van der Waals surface area contributed by atoms with E-state index < -0.39 is 0 Å².